The fraction of sp³-hybridized carbons (Fsp3) is 0.276. The van der Waals surface area contributed by atoms with Gasteiger partial charge in [0.05, 0.1) is 22.5 Å². The number of fused-ring (bicyclic) bond motifs is 2. The molecule has 1 aliphatic rings. The molecule has 0 spiro atoms. The Kier molecular flexibility index (Phi) is 6.00. The average Bonchev–Trinajstić information content (AvgIpc) is 3.28. The number of carboxylic acid groups (broad SMARTS) is 1. The van der Waals surface area contributed by atoms with Crippen LogP contribution in [0.5, 0.6) is 0 Å². The molecule has 0 radical (unpaired) electrons. The summed E-state index contributed by atoms with van der Waals surface area (Å²) in [5, 5.41) is 13.5. The summed E-state index contributed by atoms with van der Waals surface area (Å²) < 4.78 is 1.79. The zero-order chi connectivity index (χ0) is 25.6. The van der Waals surface area contributed by atoms with Crippen LogP contribution in [0.4, 0.5) is 11.6 Å². The van der Waals surface area contributed by atoms with Crippen LogP contribution in [-0.4, -0.2) is 20.6 Å². The number of rotatable bonds is 6. The van der Waals surface area contributed by atoms with Crippen LogP contribution in [0.1, 0.15) is 65.5 Å². The summed E-state index contributed by atoms with van der Waals surface area (Å²) in [6.07, 6.45) is 0. The molecule has 0 bridgehead atoms. The lowest BCUT2D eigenvalue weighted by Crippen LogP contribution is -2.31. The summed E-state index contributed by atoms with van der Waals surface area (Å²) in [5.74, 6) is -0.338. The number of anilines is 2. The van der Waals surface area contributed by atoms with E-state index in [9.17, 15) is 14.7 Å². The first-order valence-corrected chi connectivity index (χ1v) is 12.2. The minimum absolute atomic E-state index is 0.0601. The van der Waals surface area contributed by atoms with Gasteiger partial charge in [0, 0.05) is 30.4 Å². The Morgan fingerprint density at radius 2 is 1.64 bits per heavy atom. The summed E-state index contributed by atoms with van der Waals surface area (Å²) in [6.45, 7) is 9.33. The van der Waals surface area contributed by atoms with Crippen LogP contribution < -0.4 is 15.8 Å². The molecule has 1 atom stereocenters. The number of aryl methyl sites for hydroxylation is 1. The highest BCUT2D eigenvalue weighted by Crippen LogP contribution is 2.32. The quantitative estimate of drug-likeness (QED) is 0.368. The number of aromatic carboxylic acids is 1. The lowest BCUT2D eigenvalue weighted by molar-refractivity contribution is 0.0698. The first-order valence-electron chi connectivity index (χ1n) is 12.2. The maximum absolute atomic E-state index is 13.8. The number of carboxylic acids is 1. The van der Waals surface area contributed by atoms with Crippen molar-refractivity contribution >= 4 is 28.5 Å². The van der Waals surface area contributed by atoms with Crippen molar-refractivity contribution in [1.82, 2.24) is 9.55 Å². The van der Waals surface area contributed by atoms with Gasteiger partial charge >= 0.3 is 5.97 Å². The minimum Gasteiger partial charge on any atom is -0.478 e. The van der Waals surface area contributed by atoms with Crippen LogP contribution in [-0.2, 0) is 13.1 Å². The predicted octanol–water partition coefficient (Wildman–Crippen LogP) is 5.68. The topological polar surface area (TPSA) is 87.5 Å². The first-order chi connectivity index (χ1) is 17.2. The van der Waals surface area contributed by atoms with E-state index in [2.05, 4.69) is 22.3 Å². The van der Waals surface area contributed by atoms with Gasteiger partial charge in [-0.3, -0.25) is 9.36 Å². The lowest BCUT2D eigenvalue weighted by atomic mass is 10.0. The number of hydrogen-bond donors (Lipinski definition) is 2. The smallest absolute Gasteiger partial charge is 0.337 e. The number of nitrogens with zero attached hydrogens (tertiary/aromatic N) is 3. The van der Waals surface area contributed by atoms with Crippen LogP contribution in [0.2, 0.25) is 0 Å². The number of para-hydroxylation sites is 1. The van der Waals surface area contributed by atoms with E-state index in [4.69, 9.17) is 4.98 Å². The molecule has 2 heterocycles. The summed E-state index contributed by atoms with van der Waals surface area (Å²) in [5.41, 5.74) is 5.60. The first kappa shape index (κ1) is 23.6. The highest BCUT2D eigenvalue weighted by molar-refractivity contribution is 5.94. The zero-order valence-electron chi connectivity index (χ0n) is 20.9. The largest absolute Gasteiger partial charge is 0.478 e. The molecule has 0 saturated heterocycles. The van der Waals surface area contributed by atoms with Gasteiger partial charge in [0.25, 0.3) is 5.56 Å². The van der Waals surface area contributed by atoms with Crippen LogP contribution in [0, 0.1) is 6.92 Å². The Hall–Kier alpha value is -4.13. The van der Waals surface area contributed by atoms with Crippen molar-refractivity contribution < 1.29 is 9.90 Å². The SMILES string of the molecule is Cc1cc(C(C)Nc2ccccc2C(=O)O)c2nc(N3Cc4ccccc4C3)n(C(C)C)c(=O)c2c1. The fourth-order valence-corrected chi connectivity index (χ4v) is 5.07. The van der Waals surface area contributed by atoms with Gasteiger partial charge in [0.2, 0.25) is 5.95 Å². The molecule has 1 unspecified atom stereocenters. The molecule has 184 valence electrons. The Bertz CT molecular complexity index is 1510. The number of benzene rings is 3. The minimum atomic E-state index is -0.992. The Balaban J connectivity index is 1.65. The zero-order valence-corrected chi connectivity index (χ0v) is 20.9. The third-order valence-corrected chi connectivity index (χ3v) is 6.80. The summed E-state index contributed by atoms with van der Waals surface area (Å²) in [7, 11) is 0. The number of hydrogen-bond acceptors (Lipinski definition) is 5. The van der Waals surface area contributed by atoms with Gasteiger partial charge in [-0.05, 0) is 62.6 Å². The Morgan fingerprint density at radius 1 is 1.00 bits per heavy atom. The monoisotopic (exact) mass is 482 g/mol. The molecule has 1 aliphatic heterocycles. The van der Waals surface area contributed by atoms with Crippen molar-refractivity contribution in [2.45, 2.75) is 52.9 Å². The van der Waals surface area contributed by atoms with Crippen molar-refractivity contribution in [1.29, 1.82) is 0 Å². The molecule has 36 heavy (non-hydrogen) atoms. The van der Waals surface area contributed by atoms with Gasteiger partial charge in [0.1, 0.15) is 0 Å². The van der Waals surface area contributed by atoms with Gasteiger partial charge in [0.15, 0.2) is 0 Å². The third-order valence-electron chi connectivity index (χ3n) is 6.80. The van der Waals surface area contributed by atoms with Gasteiger partial charge in [-0.1, -0.05) is 42.5 Å². The highest BCUT2D eigenvalue weighted by Gasteiger charge is 2.26. The Morgan fingerprint density at radius 3 is 2.28 bits per heavy atom. The third kappa shape index (κ3) is 4.11. The molecule has 0 fully saturated rings. The summed E-state index contributed by atoms with van der Waals surface area (Å²) in [4.78, 5) is 32.9. The number of aromatic nitrogens is 2. The molecule has 0 saturated carbocycles. The van der Waals surface area contributed by atoms with E-state index in [0.29, 0.717) is 35.6 Å². The fourth-order valence-electron chi connectivity index (χ4n) is 5.07. The number of carbonyl (C=O) groups is 1. The van der Waals surface area contributed by atoms with E-state index >= 15 is 0 Å². The second-order valence-corrected chi connectivity index (χ2v) is 9.77. The van der Waals surface area contributed by atoms with Crippen molar-refractivity contribution in [3.63, 3.8) is 0 Å². The van der Waals surface area contributed by atoms with E-state index in [1.165, 1.54) is 11.1 Å². The molecular formula is C29H30N4O3. The molecule has 3 aromatic carbocycles. The predicted molar refractivity (Wildman–Crippen MR) is 143 cm³/mol. The van der Waals surface area contributed by atoms with Crippen molar-refractivity contribution in [2.24, 2.45) is 0 Å². The molecule has 4 aromatic rings. The molecule has 2 N–H and O–H groups in total. The molecule has 1 aromatic heterocycles. The van der Waals surface area contributed by atoms with Crippen LogP contribution in [0.3, 0.4) is 0 Å². The standard InChI is InChI=1S/C29H30N4O3/c1-17(2)33-27(34)24-14-18(3)13-23(19(4)30-25-12-8-7-11-22(25)28(35)36)26(24)31-29(33)32-15-20-9-5-6-10-21(20)16-32/h5-14,17,19,30H,15-16H2,1-4H3,(H,35,36). The molecule has 0 aliphatic carbocycles. The Labute approximate surface area is 210 Å². The maximum Gasteiger partial charge on any atom is 0.337 e. The summed E-state index contributed by atoms with van der Waals surface area (Å²) >= 11 is 0. The van der Waals surface area contributed by atoms with Crippen molar-refractivity contribution in [3.8, 4) is 0 Å². The lowest BCUT2D eigenvalue weighted by Gasteiger charge is -2.26. The van der Waals surface area contributed by atoms with E-state index in [-0.39, 0.29) is 23.2 Å². The molecule has 7 heteroatoms. The average molecular weight is 483 g/mol. The second-order valence-electron chi connectivity index (χ2n) is 9.77. The normalized spacial score (nSPS) is 13.8. The van der Waals surface area contributed by atoms with E-state index in [0.717, 1.165) is 11.1 Å². The van der Waals surface area contributed by atoms with Crippen molar-refractivity contribution in [2.75, 3.05) is 10.2 Å². The molecule has 7 nitrogen and oxygen atoms in total. The highest BCUT2D eigenvalue weighted by atomic mass is 16.4. The van der Waals surface area contributed by atoms with Crippen LogP contribution >= 0.6 is 0 Å². The van der Waals surface area contributed by atoms with E-state index < -0.39 is 5.97 Å². The van der Waals surface area contributed by atoms with Gasteiger partial charge in [-0.25, -0.2) is 9.78 Å². The molecule has 5 rings (SSSR count). The summed E-state index contributed by atoms with van der Waals surface area (Å²) in [6, 6.07) is 18.7. The number of nitrogens with one attached hydrogen (secondary N) is 1. The molecule has 0 amide bonds. The molecular weight excluding hydrogens is 452 g/mol. The van der Waals surface area contributed by atoms with E-state index in [1.807, 2.05) is 52.0 Å². The van der Waals surface area contributed by atoms with E-state index in [1.54, 1.807) is 28.8 Å². The van der Waals surface area contributed by atoms with Gasteiger partial charge < -0.3 is 15.3 Å². The van der Waals surface area contributed by atoms with Crippen LogP contribution in [0.15, 0.2) is 65.5 Å². The van der Waals surface area contributed by atoms with Gasteiger partial charge in [-0.2, -0.15) is 0 Å². The van der Waals surface area contributed by atoms with Crippen molar-refractivity contribution in [3.05, 3.63) is 98.8 Å². The second kappa shape index (κ2) is 9.15. The van der Waals surface area contributed by atoms with Crippen LogP contribution in [0.25, 0.3) is 10.9 Å². The van der Waals surface area contributed by atoms with Gasteiger partial charge in [-0.15, -0.1) is 0 Å². The maximum atomic E-state index is 13.8.